The number of benzene rings is 2. The number of nitrogens with one attached hydrogen (secondary N) is 2. The first-order valence-electron chi connectivity index (χ1n) is 11.1. The van der Waals surface area contributed by atoms with E-state index in [9.17, 15) is 14.4 Å². The topological polar surface area (TPSA) is 112 Å². The zero-order valence-corrected chi connectivity index (χ0v) is 19.3. The van der Waals surface area contributed by atoms with Crippen molar-refractivity contribution in [3.63, 3.8) is 0 Å². The van der Waals surface area contributed by atoms with Crippen molar-refractivity contribution in [1.29, 1.82) is 0 Å². The Kier molecular flexibility index (Phi) is 9.28. The molecular weight excluding hydrogens is 440 g/mol. The van der Waals surface area contributed by atoms with E-state index in [1.807, 2.05) is 42.5 Å². The fourth-order valence-electron chi connectivity index (χ4n) is 3.43. The molecule has 1 aliphatic rings. The molecule has 9 nitrogen and oxygen atoms in total. The van der Waals surface area contributed by atoms with Gasteiger partial charge in [0.15, 0.2) is 0 Å². The van der Waals surface area contributed by atoms with Gasteiger partial charge in [-0.3, -0.25) is 4.79 Å². The predicted molar refractivity (Wildman–Crippen MR) is 123 cm³/mol. The van der Waals surface area contributed by atoms with Crippen molar-refractivity contribution in [2.45, 2.75) is 32.0 Å². The molecule has 182 valence electrons. The summed E-state index contributed by atoms with van der Waals surface area (Å²) in [5, 5.41) is 5.36. The molecule has 0 spiro atoms. The molecule has 9 heteroatoms. The number of esters is 1. The van der Waals surface area contributed by atoms with Gasteiger partial charge < -0.3 is 29.6 Å². The van der Waals surface area contributed by atoms with Crippen molar-refractivity contribution in [2.24, 2.45) is 5.92 Å². The minimum Gasteiger partial charge on any atom is -0.497 e. The van der Waals surface area contributed by atoms with E-state index >= 15 is 0 Å². The van der Waals surface area contributed by atoms with Crippen LogP contribution in [0.4, 0.5) is 4.79 Å². The van der Waals surface area contributed by atoms with E-state index in [1.165, 1.54) is 0 Å². The van der Waals surface area contributed by atoms with Crippen LogP contribution in [-0.4, -0.2) is 57.0 Å². The molecule has 1 fully saturated rings. The number of carbonyl (C=O) groups is 3. The summed E-state index contributed by atoms with van der Waals surface area (Å²) in [7, 11) is 1.57. The van der Waals surface area contributed by atoms with Gasteiger partial charge in [-0.2, -0.15) is 0 Å². The van der Waals surface area contributed by atoms with Crippen LogP contribution < -0.4 is 15.4 Å². The number of amides is 2. The summed E-state index contributed by atoms with van der Waals surface area (Å²) in [4.78, 5) is 38.1. The maximum Gasteiger partial charge on any atom is 0.408 e. The lowest BCUT2D eigenvalue weighted by atomic mass is 9.96. The van der Waals surface area contributed by atoms with Gasteiger partial charge in [-0.05, 0) is 30.2 Å². The normalized spacial score (nSPS) is 14.8. The number of carbonyl (C=O) groups excluding carboxylic acids is 3. The summed E-state index contributed by atoms with van der Waals surface area (Å²) in [5.74, 6) is -0.602. The third-order valence-electron chi connectivity index (χ3n) is 5.39. The van der Waals surface area contributed by atoms with E-state index in [2.05, 4.69) is 10.6 Å². The minimum absolute atomic E-state index is 0.0745. The molecule has 0 bridgehead atoms. The molecular formula is C25H30N2O7. The molecule has 2 aromatic rings. The van der Waals surface area contributed by atoms with Crippen LogP contribution >= 0.6 is 0 Å². The summed E-state index contributed by atoms with van der Waals surface area (Å²) in [6.07, 6.45) is -0.500. The van der Waals surface area contributed by atoms with E-state index in [0.717, 1.165) is 11.1 Å². The lowest BCUT2D eigenvalue weighted by Gasteiger charge is -2.33. The summed E-state index contributed by atoms with van der Waals surface area (Å²) in [6, 6.07) is 14.6. The van der Waals surface area contributed by atoms with E-state index in [-0.39, 0.29) is 25.6 Å². The van der Waals surface area contributed by atoms with Crippen LogP contribution in [0.25, 0.3) is 0 Å². The third kappa shape index (κ3) is 7.21. The average molecular weight is 471 g/mol. The highest BCUT2D eigenvalue weighted by atomic mass is 16.5. The minimum atomic E-state index is -0.925. The molecule has 1 unspecified atom stereocenters. The fraction of sp³-hybridized carbons (Fsp3) is 0.400. The van der Waals surface area contributed by atoms with Crippen molar-refractivity contribution in [1.82, 2.24) is 10.6 Å². The Morgan fingerprint density at radius 2 is 1.68 bits per heavy atom. The number of ether oxygens (including phenoxy) is 4. The highest BCUT2D eigenvalue weighted by Gasteiger charge is 2.37. The Balaban J connectivity index is 1.65. The number of methoxy groups -OCH3 is 1. The van der Waals surface area contributed by atoms with Gasteiger partial charge in [0.2, 0.25) is 5.91 Å². The molecule has 0 saturated carbocycles. The van der Waals surface area contributed by atoms with Gasteiger partial charge in [0.25, 0.3) is 0 Å². The highest BCUT2D eigenvalue weighted by molar-refractivity contribution is 5.90. The van der Waals surface area contributed by atoms with Crippen molar-refractivity contribution in [3.8, 4) is 5.75 Å². The predicted octanol–water partition coefficient (Wildman–Crippen LogP) is 2.23. The molecule has 34 heavy (non-hydrogen) atoms. The summed E-state index contributed by atoms with van der Waals surface area (Å²) in [6.45, 7) is 2.59. The second kappa shape index (κ2) is 12.6. The van der Waals surface area contributed by atoms with Gasteiger partial charge in [-0.1, -0.05) is 42.5 Å². The second-order valence-corrected chi connectivity index (χ2v) is 7.85. The highest BCUT2D eigenvalue weighted by Crippen LogP contribution is 2.17. The lowest BCUT2D eigenvalue weighted by Crippen LogP contribution is -2.58. The van der Waals surface area contributed by atoms with Crippen LogP contribution in [0.1, 0.15) is 18.1 Å². The Morgan fingerprint density at radius 1 is 0.971 bits per heavy atom. The number of hydrogen-bond donors (Lipinski definition) is 2. The van der Waals surface area contributed by atoms with E-state index in [0.29, 0.717) is 19.0 Å². The largest absolute Gasteiger partial charge is 0.497 e. The van der Waals surface area contributed by atoms with E-state index in [4.69, 9.17) is 18.9 Å². The van der Waals surface area contributed by atoms with Crippen LogP contribution in [0.3, 0.4) is 0 Å². The van der Waals surface area contributed by atoms with Crippen molar-refractivity contribution in [2.75, 3.05) is 26.9 Å². The first kappa shape index (κ1) is 25.0. The Hall–Kier alpha value is -3.59. The number of hydrogen-bond acceptors (Lipinski definition) is 7. The molecule has 3 rings (SSSR count). The zero-order valence-electron chi connectivity index (χ0n) is 19.3. The quantitative estimate of drug-likeness (QED) is 0.484. The molecule has 0 aliphatic carbocycles. The Bertz CT molecular complexity index is 945. The maximum atomic E-state index is 13.1. The third-order valence-corrected chi connectivity index (χ3v) is 5.39. The fourth-order valence-corrected chi connectivity index (χ4v) is 3.43. The van der Waals surface area contributed by atoms with Crippen LogP contribution in [0.2, 0.25) is 0 Å². The van der Waals surface area contributed by atoms with Gasteiger partial charge in [0.05, 0.1) is 26.9 Å². The molecule has 1 aliphatic heterocycles. The van der Waals surface area contributed by atoms with Crippen molar-refractivity contribution >= 4 is 18.0 Å². The first-order chi connectivity index (χ1) is 16.5. The zero-order chi connectivity index (χ0) is 24.3. The molecule has 1 heterocycles. The Morgan fingerprint density at radius 3 is 2.26 bits per heavy atom. The van der Waals surface area contributed by atoms with Crippen LogP contribution in [0.15, 0.2) is 54.6 Å². The van der Waals surface area contributed by atoms with Gasteiger partial charge in [0, 0.05) is 12.3 Å². The van der Waals surface area contributed by atoms with Gasteiger partial charge in [0.1, 0.15) is 24.4 Å². The van der Waals surface area contributed by atoms with E-state index in [1.54, 1.807) is 26.2 Å². The smallest absolute Gasteiger partial charge is 0.408 e. The molecule has 0 radical (unpaired) electrons. The van der Waals surface area contributed by atoms with Crippen molar-refractivity contribution < 1.29 is 33.3 Å². The van der Waals surface area contributed by atoms with Gasteiger partial charge >= 0.3 is 12.1 Å². The summed E-state index contributed by atoms with van der Waals surface area (Å²) >= 11 is 0. The number of rotatable bonds is 11. The average Bonchev–Trinajstić information content (AvgIpc) is 2.82. The first-order valence-corrected chi connectivity index (χ1v) is 11.1. The maximum absolute atomic E-state index is 13.1. The van der Waals surface area contributed by atoms with Gasteiger partial charge in [-0.15, -0.1) is 0 Å². The van der Waals surface area contributed by atoms with Crippen molar-refractivity contribution in [3.05, 3.63) is 65.7 Å². The second-order valence-electron chi connectivity index (χ2n) is 7.85. The van der Waals surface area contributed by atoms with Crippen LogP contribution in [-0.2, 0) is 36.8 Å². The summed E-state index contributed by atoms with van der Waals surface area (Å²) in [5.41, 5.74) is 1.64. The molecule has 2 N–H and O–H groups in total. The SMILES string of the molecule is CCOC(=O)C(Cc1ccc(OC)cc1)NC(=O)[C@@H](NC(=O)OCc1ccccc1)C1COC1. The Labute approximate surface area is 198 Å². The van der Waals surface area contributed by atoms with Crippen LogP contribution in [0, 0.1) is 5.92 Å². The lowest BCUT2D eigenvalue weighted by molar-refractivity contribution is -0.148. The molecule has 2 amide bonds. The molecule has 2 aromatic carbocycles. The standard InChI is InChI=1S/C25H30N2O7/c1-3-33-24(29)21(13-17-9-11-20(31-2)12-10-17)26-23(28)22(19-15-32-16-19)27-25(30)34-14-18-7-5-4-6-8-18/h4-12,19,21-22H,3,13-16H2,1-2H3,(H,26,28)(H,27,30)/t21?,22-/m0/s1. The summed E-state index contributed by atoms with van der Waals surface area (Å²) < 4.78 is 20.8. The van der Waals surface area contributed by atoms with Gasteiger partial charge in [-0.25, -0.2) is 9.59 Å². The molecule has 0 aromatic heterocycles. The van der Waals surface area contributed by atoms with E-state index < -0.39 is 30.1 Å². The van der Waals surface area contributed by atoms with Crippen LogP contribution in [0.5, 0.6) is 5.75 Å². The monoisotopic (exact) mass is 470 g/mol. The molecule has 1 saturated heterocycles. The molecule has 2 atom stereocenters. The number of alkyl carbamates (subject to hydrolysis) is 1.